The summed E-state index contributed by atoms with van der Waals surface area (Å²) in [6, 6.07) is 4.19. The molecule has 0 heterocycles. The predicted octanol–water partition coefficient (Wildman–Crippen LogP) is 5.83. The summed E-state index contributed by atoms with van der Waals surface area (Å²) in [5.74, 6) is -0.786. The zero-order valence-corrected chi connectivity index (χ0v) is 24.5. The second kappa shape index (κ2) is 12.6. The van der Waals surface area contributed by atoms with E-state index >= 15 is 0 Å². The summed E-state index contributed by atoms with van der Waals surface area (Å²) >= 11 is 0. The number of carbonyl (C=O) groups excluding carboxylic acids is 3. The van der Waals surface area contributed by atoms with Crippen LogP contribution in [-0.4, -0.2) is 46.0 Å². The first-order valence-corrected chi connectivity index (χ1v) is 13.1. The van der Waals surface area contributed by atoms with Crippen molar-refractivity contribution in [3.63, 3.8) is 0 Å². The van der Waals surface area contributed by atoms with Crippen LogP contribution in [-0.2, 0) is 14.3 Å². The Morgan fingerprint density at radius 3 is 1.86 bits per heavy atom. The van der Waals surface area contributed by atoms with E-state index in [-0.39, 0.29) is 23.8 Å². The third-order valence-electron chi connectivity index (χ3n) is 5.74. The highest BCUT2D eigenvalue weighted by Crippen LogP contribution is 2.32. The van der Waals surface area contributed by atoms with Crippen LogP contribution in [0.5, 0.6) is 0 Å². The zero-order valence-electron chi connectivity index (χ0n) is 24.5. The molecule has 1 aromatic carbocycles. The van der Waals surface area contributed by atoms with Gasteiger partial charge in [0, 0.05) is 11.6 Å². The maximum Gasteiger partial charge on any atom is 0.408 e. The lowest BCUT2D eigenvalue weighted by atomic mass is 9.91. The van der Waals surface area contributed by atoms with E-state index in [9.17, 15) is 14.4 Å². The van der Waals surface area contributed by atoms with Crippen molar-refractivity contribution in [2.24, 2.45) is 5.92 Å². The second-order valence-corrected chi connectivity index (χ2v) is 12.3. The fourth-order valence-electron chi connectivity index (χ4n) is 4.36. The molecule has 0 fully saturated rings. The van der Waals surface area contributed by atoms with Gasteiger partial charge >= 0.3 is 6.09 Å². The van der Waals surface area contributed by atoms with Gasteiger partial charge in [0.1, 0.15) is 17.7 Å². The van der Waals surface area contributed by atoms with E-state index in [0.717, 1.165) is 29.5 Å². The van der Waals surface area contributed by atoms with Crippen LogP contribution in [0.25, 0.3) is 0 Å². The Balaban J connectivity index is 3.62. The van der Waals surface area contributed by atoms with Gasteiger partial charge in [-0.15, -0.1) is 0 Å². The van der Waals surface area contributed by atoms with E-state index in [1.165, 1.54) is 0 Å². The first kappa shape index (κ1) is 31.5. The van der Waals surface area contributed by atoms with E-state index in [1.54, 1.807) is 25.7 Å². The van der Waals surface area contributed by atoms with Gasteiger partial charge in [-0.05, 0) is 80.2 Å². The molecule has 0 saturated heterocycles. The summed E-state index contributed by atoms with van der Waals surface area (Å²) in [6.07, 6.45) is 1.11. The highest BCUT2D eigenvalue weighted by Gasteiger charge is 2.43. The smallest absolute Gasteiger partial charge is 0.408 e. The molecule has 36 heavy (non-hydrogen) atoms. The minimum atomic E-state index is -0.867. The van der Waals surface area contributed by atoms with E-state index in [2.05, 4.69) is 17.6 Å². The SMILES string of the molecule is CCCC(C)NC(=O)C(c1cc(C)cc(C)c1)N(C(=O)C(NC(=O)OC(C)(C)C)C(C)C)C(C)(C)C. The molecule has 7 heteroatoms. The molecule has 0 aliphatic carbocycles. The van der Waals surface area contributed by atoms with Crippen LogP contribution < -0.4 is 10.6 Å². The van der Waals surface area contributed by atoms with E-state index in [4.69, 9.17) is 4.74 Å². The molecule has 0 aliphatic heterocycles. The second-order valence-electron chi connectivity index (χ2n) is 12.3. The number of amides is 3. The molecule has 1 aromatic rings. The Morgan fingerprint density at radius 2 is 1.44 bits per heavy atom. The Hall–Kier alpha value is -2.57. The lowest BCUT2D eigenvalue weighted by Crippen LogP contribution is -2.60. The van der Waals surface area contributed by atoms with Crippen LogP contribution in [0, 0.1) is 19.8 Å². The van der Waals surface area contributed by atoms with E-state index in [1.807, 2.05) is 73.6 Å². The minimum absolute atomic E-state index is 0.0337. The van der Waals surface area contributed by atoms with Crippen molar-refractivity contribution in [3.05, 3.63) is 34.9 Å². The molecule has 204 valence electrons. The molecule has 0 radical (unpaired) electrons. The number of ether oxygens (including phenoxy) is 1. The number of benzene rings is 1. The number of nitrogens with zero attached hydrogens (tertiary/aromatic N) is 1. The summed E-state index contributed by atoms with van der Waals surface area (Å²) in [5, 5.41) is 5.89. The van der Waals surface area contributed by atoms with Crippen molar-refractivity contribution < 1.29 is 19.1 Å². The van der Waals surface area contributed by atoms with Crippen LogP contribution >= 0.6 is 0 Å². The Kier molecular flexibility index (Phi) is 11.0. The molecule has 3 amide bonds. The number of rotatable bonds is 9. The third kappa shape index (κ3) is 9.47. The first-order chi connectivity index (χ1) is 16.4. The molecular weight excluding hydrogens is 454 g/mol. The van der Waals surface area contributed by atoms with Crippen molar-refractivity contribution in [2.75, 3.05) is 0 Å². The highest BCUT2D eigenvalue weighted by atomic mass is 16.6. The normalized spacial score (nSPS) is 14.6. The molecule has 1 rings (SSSR count). The van der Waals surface area contributed by atoms with Crippen molar-refractivity contribution in [1.29, 1.82) is 0 Å². The standard InChI is InChI=1S/C29H49N3O4/c1-13-14-21(6)30-25(33)24(22-16-19(4)15-20(5)17-22)32(28(7,8)9)26(34)23(18(2)3)31-27(35)36-29(10,11)12/h15-18,21,23-24H,13-14H2,1-12H3,(H,30,33)(H,31,35). The van der Waals surface area contributed by atoms with Gasteiger partial charge in [-0.25, -0.2) is 4.79 Å². The van der Waals surface area contributed by atoms with Gasteiger partial charge in [-0.3, -0.25) is 9.59 Å². The minimum Gasteiger partial charge on any atom is -0.444 e. The summed E-state index contributed by atoms with van der Waals surface area (Å²) in [5.41, 5.74) is 1.36. The van der Waals surface area contributed by atoms with Crippen molar-refractivity contribution in [1.82, 2.24) is 15.5 Å². The number of hydrogen-bond donors (Lipinski definition) is 2. The molecule has 0 aromatic heterocycles. The Labute approximate surface area is 218 Å². The monoisotopic (exact) mass is 503 g/mol. The topological polar surface area (TPSA) is 87.7 Å². The Bertz CT molecular complexity index is 892. The van der Waals surface area contributed by atoms with Gasteiger partial charge < -0.3 is 20.3 Å². The van der Waals surface area contributed by atoms with Gasteiger partial charge in [-0.1, -0.05) is 56.5 Å². The third-order valence-corrected chi connectivity index (χ3v) is 5.74. The molecule has 0 saturated carbocycles. The predicted molar refractivity (Wildman–Crippen MR) is 146 cm³/mol. The maximum atomic E-state index is 14.2. The van der Waals surface area contributed by atoms with Crippen molar-refractivity contribution >= 4 is 17.9 Å². The van der Waals surface area contributed by atoms with Crippen LogP contribution in [0.15, 0.2) is 18.2 Å². The average Bonchev–Trinajstić information content (AvgIpc) is 2.66. The number of hydrogen-bond acceptors (Lipinski definition) is 4. The zero-order chi connectivity index (χ0) is 28.0. The molecule has 3 atom stereocenters. The molecular formula is C29H49N3O4. The van der Waals surface area contributed by atoms with Crippen LogP contribution in [0.2, 0.25) is 0 Å². The molecule has 7 nitrogen and oxygen atoms in total. The van der Waals surface area contributed by atoms with Gasteiger partial charge in [0.05, 0.1) is 0 Å². The number of nitrogens with one attached hydrogen (secondary N) is 2. The van der Waals surface area contributed by atoms with Crippen molar-refractivity contribution in [3.8, 4) is 0 Å². The van der Waals surface area contributed by atoms with Crippen LogP contribution in [0.4, 0.5) is 4.79 Å². The Morgan fingerprint density at radius 1 is 0.917 bits per heavy atom. The number of alkyl carbamates (subject to hydrolysis) is 1. The summed E-state index contributed by atoms with van der Waals surface area (Å²) < 4.78 is 5.44. The van der Waals surface area contributed by atoms with E-state index < -0.39 is 29.3 Å². The lowest BCUT2D eigenvalue weighted by Gasteiger charge is -2.44. The average molecular weight is 504 g/mol. The van der Waals surface area contributed by atoms with Crippen LogP contribution in [0.1, 0.15) is 105 Å². The van der Waals surface area contributed by atoms with Gasteiger partial charge in [0.15, 0.2) is 0 Å². The molecule has 0 spiro atoms. The highest BCUT2D eigenvalue weighted by molar-refractivity contribution is 5.93. The summed E-state index contributed by atoms with van der Waals surface area (Å²) in [7, 11) is 0. The van der Waals surface area contributed by atoms with Gasteiger partial charge in [0.2, 0.25) is 11.8 Å². The van der Waals surface area contributed by atoms with E-state index in [0.29, 0.717) is 0 Å². The largest absolute Gasteiger partial charge is 0.444 e. The summed E-state index contributed by atoms with van der Waals surface area (Å²) in [6.45, 7) is 22.8. The fourth-order valence-corrected chi connectivity index (χ4v) is 4.36. The van der Waals surface area contributed by atoms with Gasteiger partial charge in [0.25, 0.3) is 0 Å². The lowest BCUT2D eigenvalue weighted by molar-refractivity contribution is -0.149. The molecule has 2 N–H and O–H groups in total. The van der Waals surface area contributed by atoms with Crippen LogP contribution in [0.3, 0.4) is 0 Å². The van der Waals surface area contributed by atoms with Gasteiger partial charge in [-0.2, -0.15) is 0 Å². The van der Waals surface area contributed by atoms with Crippen molar-refractivity contribution in [2.45, 2.75) is 125 Å². The molecule has 0 bridgehead atoms. The maximum absolute atomic E-state index is 14.2. The number of aryl methyl sites for hydroxylation is 2. The molecule has 0 aliphatic rings. The quantitative estimate of drug-likeness (QED) is 0.444. The fraction of sp³-hybridized carbons (Fsp3) is 0.690. The summed E-state index contributed by atoms with van der Waals surface area (Å²) in [4.78, 5) is 42.3. The number of carbonyl (C=O) groups is 3. The molecule has 3 unspecified atom stereocenters. The first-order valence-electron chi connectivity index (χ1n) is 13.1.